The lowest BCUT2D eigenvalue weighted by Gasteiger charge is -2.15. The van der Waals surface area contributed by atoms with E-state index in [1.54, 1.807) is 14.2 Å². The Bertz CT molecular complexity index is 701. The highest BCUT2D eigenvalue weighted by molar-refractivity contribution is 7.99. The molecule has 0 spiro atoms. The van der Waals surface area contributed by atoms with Crippen LogP contribution in [0, 0.1) is 0 Å². The van der Waals surface area contributed by atoms with Gasteiger partial charge in [-0.15, -0.1) is 5.10 Å². The number of carbonyl (C=O) groups is 2. The third-order valence-electron chi connectivity index (χ3n) is 3.24. The summed E-state index contributed by atoms with van der Waals surface area (Å²) in [4.78, 5) is 28.9. The van der Waals surface area contributed by atoms with Crippen molar-refractivity contribution in [3.05, 3.63) is 24.3 Å². The van der Waals surface area contributed by atoms with Crippen LogP contribution in [0.25, 0.3) is 11.4 Å². The summed E-state index contributed by atoms with van der Waals surface area (Å²) in [7, 11) is 4.72. The summed E-state index contributed by atoms with van der Waals surface area (Å²) < 4.78 is 5.11. The SMILES string of the molecule is CNC(=O)CN(C)C(=O)CSc1n[nH]c(-c2ccc(OC)cc2)n1. The number of rotatable bonds is 7. The molecule has 0 saturated carbocycles. The van der Waals surface area contributed by atoms with Gasteiger partial charge in [-0.1, -0.05) is 11.8 Å². The zero-order chi connectivity index (χ0) is 17.5. The molecule has 0 radical (unpaired) electrons. The monoisotopic (exact) mass is 349 g/mol. The molecular weight excluding hydrogens is 330 g/mol. The number of hydrogen-bond acceptors (Lipinski definition) is 6. The summed E-state index contributed by atoms with van der Waals surface area (Å²) in [6, 6.07) is 7.41. The van der Waals surface area contributed by atoms with Crippen LogP contribution in [0.5, 0.6) is 5.75 Å². The van der Waals surface area contributed by atoms with Crippen molar-refractivity contribution in [3.63, 3.8) is 0 Å². The van der Waals surface area contributed by atoms with E-state index in [0.29, 0.717) is 11.0 Å². The van der Waals surface area contributed by atoms with Gasteiger partial charge in [-0.2, -0.15) is 0 Å². The molecule has 8 nitrogen and oxygen atoms in total. The molecule has 2 rings (SSSR count). The van der Waals surface area contributed by atoms with E-state index in [9.17, 15) is 9.59 Å². The van der Waals surface area contributed by atoms with Crippen molar-refractivity contribution in [3.8, 4) is 17.1 Å². The molecule has 9 heteroatoms. The summed E-state index contributed by atoms with van der Waals surface area (Å²) >= 11 is 1.21. The van der Waals surface area contributed by atoms with Crippen molar-refractivity contribution < 1.29 is 14.3 Å². The van der Waals surface area contributed by atoms with Gasteiger partial charge in [-0.3, -0.25) is 14.7 Å². The largest absolute Gasteiger partial charge is 0.497 e. The average Bonchev–Trinajstić information content (AvgIpc) is 3.08. The van der Waals surface area contributed by atoms with Crippen LogP contribution >= 0.6 is 11.8 Å². The second-order valence-electron chi connectivity index (χ2n) is 4.91. The first kappa shape index (κ1) is 17.8. The lowest BCUT2D eigenvalue weighted by molar-refractivity contribution is -0.132. The first-order valence-electron chi connectivity index (χ1n) is 7.17. The maximum atomic E-state index is 12.0. The van der Waals surface area contributed by atoms with Crippen LogP contribution in [-0.2, 0) is 9.59 Å². The van der Waals surface area contributed by atoms with E-state index >= 15 is 0 Å². The van der Waals surface area contributed by atoms with Crippen LogP contribution < -0.4 is 10.1 Å². The smallest absolute Gasteiger partial charge is 0.239 e. The number of likely N-dealkylation sites (N-methyl/N-ethyl adjacent to an activating group) is 2. The Balaban J connectivity index is 1.91. The highest BCUT2D eigenvalue weighted by Crippen LogP contribution is 2.21. The van der Waals surface area contributed by atoms with Crippen LogP contribution in [0.1, 0.15) is 0 Å². The minimum atomic E-state index is -0.212. The number of benzene rings is 1. The lowest BCUT2D eigenvalue weighted by Crippen LogP contribution is -2.37. The molecule has 0 aliphatic heterocycles. The highest BCUT2D eigenvalue weighted by Gasteiger charge is 2.14. The van der Waals surface area contributed by atoms with Crippen molar-refractivity contribution in [2.24, 2.45) is 0 Å². The summed E-state index contributed by atoms with van der Waals surface area (Å²) in [6.45, 7) is 0.0288. The zero-order valence-corrected chi connectivity index (χ0v) is 14.5. The predicted octanol–water partition coefficient (Wildman–Crippen LogP) is 0.777. The molecule has 0 fully saturated rings. The first-order valence-corrected chi connectivity index (χ1v) is 8.16. The number of hydrogen-bond donors (Lipinski definition) is 2. The Labute approximate surface area is 144 Å². The number of H-pyrrole nitrogens is 1. The third-order valence-corrected chi connectivity index (χ3v) is 4.07. The Morgan fingerprint density at radius 3 is 2.67 bits per heavy atom. The van der Waals surface area contributed by atoms with Crippen molar-refractivity contribution in [2.75, 3.05) is 33.5 Å². The Morgan fingerprint density at radius 1 is 1.33 bits per heavy atom. The fraction of sp³-hybridized carbons (Fsp3) is 0.333. The van der Waals surface area contributed by atoms with Gasteiger partial charge in [-0.05, 0) is 24.3 Å². The van der Waals surface area contributed by atoms with Gasteiger partial charge in [0.15, 0.2) is 5.82 Å². The average molecular weight is 349 g/mol. The van der Waals surface area contributed by atoms with E-state index in [1.165, 1.54) is 23.7 Å². The van der Waals surface area contributed by atoms with Gasteiger partial charge >= 0.3 is 0 Å². The molecule has 1 aromatic heterocycles. The van der Waals surface area contributed by atoms with Crippen LogP contribution in [-0.4, -0.2) is 65.4 Å². The Morgan fingerprint density at radius 2 is 2.04 bits per heavy atom. The van der Waals surface area contributed by atoms with E-state index in [4.69, 9.17) is 4.74 Å². The Hall–Kier alpha value is -2.55. The number of amides is 2. The van der Waals surface area contributed by atoms with Gasteiger partial charge < -0.3 is 15.0 Å². The molecule has 0 aliphatic carbocycles. The summed E-state index contributed by atoms with van der Waals surface area (Å²) in [5, 5.41) is 9.88. The lowest BCUT2D eigenvalue weighted by atomic mass is 10.2. The number of ether oxygens (including phenoxy) is 1. The van der Waals surface area contributed by atoms with E-state index in [2.05, 4.69) is 20.5 Å². The molecule has 2 amide bonds. The topological polar surface area (TPSA) is 100 Å². The number of aromatic amines is 1. The van der Waals surface area contributed by atoms with Gasteiger partial charge in [0.25, 0.3) is 0 Å². The van der Waals surface area contributed by atoms with Crippen LogP contribution in [0.4, 0.5) is 0 Å². The molecule has 2 N–H and O–H groups in total. The van der Waals surface area contributed by atoms with Crippen molar-refractivity contribution >= 4 is 23.6 Å². The minimum Gasteiger partial charge on any atom is -0.497 e. The second kappa shape index (κ2) is 8.34. The van der Waals surface area contributed by atoms with Gasteiger partial charge in [0.05, 0.1) is 19.4 Å². The second-order valence-corrected chi connectivity index (χ2v) is 5.85. The Kier molecular flexibility index (Phi) is 6.19. The van der Waals surface area contributed by atoms with Crippen molar-refractivity contribution in [1.82, 2.24) is 25.4 Å². The molecule has 0 aliphatic rings. The predicted molar refractivity (Wildman–Crippen MR) is 90.8 cm³/mol. The number of carbonyl (C=O) groups excluding carboxylic acids is 2. The first-order chi connectivity index (χ1) is 11.5. The van der Waals surface area contributed by atoms with Gasteiger partial charge in [0, 0.05) is 19.7 Å². The molecule has 0 atom stereocenters. The molecule has 1 aromatic carbocycles. The quantitative estimate of drug-likeness (QED) is 0.717. The molecule has 0 unspecified atom stereocenters. The molecule has 0 bridgehead atoms. The van der Waals surface area contributed by atoms with Crippen LogP contribution in [0.3, 0.4) is 0 Å². The molecule has 2 aromatic rings. The number of aromatic nitrogens is 3. The highest BCUT2D eigenvalue weighted by atomic mass is 32.2. The van der Waals surface area contributed by atoms with Crippen molar-refractivity contribution in [1.29, 1.82) is 0 Å². The normalized spacial score (nSPS) is 10.3. The summed E-state index contributed by atoms with van der Waals surface area (Å²) in [5.41, 5.74) is 0.873. The molecule has 0 saturated heterocycles. The number of thioether (sulfide) groups is 1. The van der Waals surface area contributed by atoms with E-state index in [0.717, 1.165) is 11.3 Å². The van der Waals surface area contributed by atoms with Crippen LogP contribution in [0.15, 0.2) is 29.4 Å². The summed E-state index contributed by atoms with van der Waals surface area (Å²) in [5.74, 6) is 1.16. The van der Waals surface area contributed by atoms with Gasteiger partial charge in [0.1, 0.15) is 5.75 Å². The third kappa shape index (κ3) is 4.72. The summed E-state index contributed by atoms with van der Waals surface area (Å²) in [6.07, 6.45) is 0. The van der Waals surface area contributed by atoms with Crippen LogP contribution in [0.2, 0.25) is 0 Å². The molecule has 1 heterocycles. The zero-order valence-electron chi connectivity index (χ0n) is 13.7. The van der Waals surface area contributed by atoms with Gasteiger partial charge in [-0.25, -0.2) is 4.98 Å². The fourth-order valence-corrected chi connectivity index (χ4v) is 2.55. The minimum absolute atomic E-state index is 0.0288. The van der Waals surface area contributed by atoms with E-state index < -0.39 is 0 Å². The maximum Gasteiger partial charge on any atom is 0.239 e. The molecule has 128 valence electrons. The fourth-order valence-electron chi connectivity index (χ4n) is 1.81. The molecular formula is C15H19N5O3S. The van der Waals surface area contributed by atoms with Crippen molar-refractivity contribution in [2.45, 2.75) is 5.16 Å². The maximum absolute atomic E-state index is 12.0. The number of nitrogens with one attached hydrogen (secondary N) is 2. The molecule has 24 heavy (non-hydrogen) atoms. The van der Waals surface area contributed by atoms with E-state index in [-0.39, 0.29) is 24.1 Å². The number of nitrogens with zero attached hydrogens (tertiary/aromatic N) is 3. The van der Waals surface area contributed by atoms with Gasteiger partial charge in [0.2, 0.25) is 17.0 Å². The van der Waals surface area contributed by atoms with E-state index in [1.807, 2.05) is 24.3 Å². The standard InChI is InChI=1S/C15H19N5O3S/c1-16-12(21)8-20(2)13(22)9-24-15-17-14(18-19-15)10-4-6-11(23-3)7-5-10/h4-7H,8-9H2,1-3H3,(H,16,21)(H,17,18,19). The number of methoxy groups -OCH3 is 1.